The Morgan fingerprint density at radius 1 is 1.67 bits per heavy atom. The van der Waals surface area contributed by atoms with Gasteiger partial charge in [-0.1, -0.05) is 13.8 Å². The number of carbonyl (C=O) groups is 1. The summed E-state index contributed by atoms with van der Waals surface area (Å²) in [4.78, 5) is 10.7. The normalized spacial score (nSPS) is 26.0. The van der Waals surface area contributed by atoms with Gasteiger partial charge in [0.2, 0.25) is 0 Å². The Labute approximate surface area is 72.7 Å². The van der Waals surface area contributed by atoms with Crippen molar-refractivity contribution in [3.8, 4) is 0 Å². The Morgan fingerprint density at radius 3 is 2.75 bits per heavy atom. The number of aliphatic hydroxyl groups is 1. The van der Waals surface area contributed by atoms with E-state index in [-0.39, 0.29) is 12.1 Å². The van der Waals surface area contributed by atoms with Crippen LogP contribution >= 0.6 is 0 Å². The van der Waals surface area contributed by atoms with Gasteiger partial charge in [-0.2, -0.15) is 0 Å². The molecule has 1 fully saturated rings. The summed E-state index contributed by atoms with van der Waals surface area (Å²) in [6.07, 6.45) is 1.11. The Hall–Kier alpha value is -0.570. The monoisotopic (exact) mass is 172 g/mol. The third-order valence-corrected chi connectivity index (χ3v) is 2.06. The maximum absolute atomic E-state index is 10.7. The molecule has 1 N–H and O–H groups in total. The van der Waals surface area contributed by atoms with Crippen LogP contribution in [0.5, 0.6) is 0 Å². The molecular weight excluding hydrogens is 156 g/mol. The van der Waals surface area contributed by atoms with Crippen molar-refractivity contribution < 1.29 is 14.6 Å². The SMILES string of the molecule is CC(C)C[C@@H](O)[C@@H]1CCC(=O)O1. The third kappa shape index (κ3) is 2.48. The number of rotatable bonds is 3. The molecule has 1 aliphatic rings. The van der Waals surface area contributed by atoms with Gasteiger partial charge >= 0.3 is 5.97 Å². The quantitative estimate of drug-likeness (QED) is 0.648. The van der Waals surface area contributed by atoms with Gasteiger partial charge in [-0.15, -0.1) is 0 Å². The largest absolute Gasteiger partial charge is 0.460 e. The lowest BCUT2D eigenvalue weighted by atomic mass is 10.0. The fourth-order valence-electron chi connectivity index (χ4n) is 1.45. The average Bonchev–Trinajstić information content (AvgIpc) is 2.34. The minimum atomic E-state index is -0.476. The second kappa shape index (κ2) is 3.90. The molecule has 0 bridgehead atoms. The molecule has 0 aromatic heterocycles. The van der Waals surface area contributed by atoms with Gasteiger partial charge in [-0.25, -0.2) is 0 Å². The van der Waals surface area contributed by atoms with E-state index in [2.05, 4.69) is 0 Å². The van der Waals surface area contributed by atoms with E-state index in [1.54, 1.807) is 0 Å². The summed E-state index contributed by atoms with van der Waals surface area (Å²) < 4.78 is 4.94. The Morgan fingerprint density at radius 2 is 2.33 bits per heavy atom. The van der Waals surface area contributed by atoms with Gasteiger partial charge in [0.05, 0.1) is 6.10 Å². The first-order valence-electron chi connectivity index (χ1n) is 4.47. The third-order valence-electron chi connectivity index (χ3n) is 2.06. The first-order valence-corrected chi connectivity index (χ1v) is 4.47. The van der Waals surface area contributed by atoms with Crippen molar-refractivity contribution in [3.63, 3.8) is 0 Å². The molecule has 1 saturated heterocycles. The van der Waals surface area contributed by atoms with Gasteiger partial charge < -0.3 is 9.84 Å². The summed E-state index contributed by atoms with van der Waals surface area (Å²) in [5.74, 6) is 0.266. The molecule has 0 spiro atoms. The molecule has 12 heavy (non-hydrogen) atoms. The van der Waals surface area contributed by atoms with E-state index in [0.29, 0.717) is 25.2 Å². The highest BCUT2D eigenvalue weighted by Gasteiger charge is 2.29. The van der Waals surface area contributed by atoms with Gasteiger partial charge in [0.1, 0.15) is 6.10 Å². The molecule has 1 heterocycles. The topological polar surface area (TPSA) is 46.5 Å². The zero-order chi connectivity index (χ0) is 9.14. The molecule has 1 aliphatic heterocycles. The van der Waals surface area contributed by atoms with E-state index in [9.17, 15) is 9.90 Å². The smallest absolute Gasteiger partial charge is 0.306 e. The van der Waals surface area contributed by atoms with E-state index in [1.807, 2.05) is 13.8 Å². The van der Waals surface area contributed by atoms with Crippen molar-refractivity contribution in [2.24, 2.45) is 5.92 Å². The number of aliphatic hydroxyl groups excluding tert-OH is 1. The van der Waals surface area contributed by atoms with Gasteiger partial charge in [0.15, 0.2) is 0 Å². The molecule has 3 nitrogen and oxygen atoms in total. The highest BCUT2D eigenvalue weighted by atomic mass is 16.6. The summed E-state index contributed by atoms with van der Waals surface area (Å²) in [5, 5.41) is 9.56. The molecule has 0 amide bonds. The second-order valence-corrected chi connectivity index (χ2v) is 3.76. The van der Waals surface area contributed by atoms with Crippen molar-refractivity contribution in [1.29, 1.82) is 0 Å². The predicted octanol–water partition coefficient (Wildman–Crippen LogP) is 1.10. The maximum Gasteiger partial charge on any atom is 0.306 e. The van der Waals surface area contributed by atoms with Crippen molar-refractivity contribution in [2.75, 3.05) is 0 Å². The average molecular weight is 172 g/mol. The van der Waals surface area contributed by atoms with Gasteiger partial charge in [0, 0.05) is 6.42 Å². The minimum Gasteiger partial charge on any atom is -0.460 e. The van der Waals surface area contributed by atoms with Crippen LogP contribution in [0.4, 0.5) is 0 Å². The number of hydrogen-bond donors (Lipinski definition) is 1. The number of ether oxygens (including phenoxy) is 1. The van der Waals surface area contributed by atoms with Crippen LogP contribution < -0.4 is 0 Å². The lowest BCUT2D eigenvalue weighted by Crippen LogP contribution is -2.27. The Bertz CT molecular complexity index is 165. The number of esters is 1. The van der Waals surface area contributed by atoms with Crippen LogP contribution in [0.3, 0.4) is 0 Å². The van der Waals surface area contributed by atoms with Crippen LogP contribution in [0, 0.1) is 5.92 Å². The number of hydrogen-bond acceptors (Lipinski definition) is 3. The molecule has 0 aromatic carbocycles. The van der Waals surface area contributed by atoms with E-state index >= 15 is 0 Å². The van der Waals surface area contributed by atoms with Crippen molar-refractivity contribution in [2.45, 2.75) is 45.3 Å². The van der Waals surface area contributed by atoms with Gasteiger partial charge in [-0.3, -0.25) is 4.79 Å². The van der Waals surface area contributed by atoms with Crippen LogP contribution in [-0.4, -0.2) is 23.3 Å². The van der Waals surface area contributed by atoms with E-state index in [1.165, 1.54) is 0 Å². The van der Waals surface area contributed by atoms with Crippen LogP contribution in [0.2, 0.25) is 0 Å². The summed E-state index contributed by atoms with van der Waals surface area (Å²) in [7, 11) is 0. The van der Waals surface area contributed by atoms with Crippen molar-refractivity contribution in [3.05, 3.63) is 0 Å². The molecule has 3 heteroatoms. The second-order valence-electron chi connectivity index (χ2n) is 3.76. The Kier molecular flexibility index (Phi) is 3.09. The molecule has 0 saturated carbocycles. The highest BCUT2D eigenvalue weighted by Crippen LogP contribution is 2.20. The summed E-state index contributed by atoms with van der Waals surface area (Å²) in [6, 6.07) is 0. The van der Waals surface area contributed by atoms with Crippen LogP contribution in [-0.2, 0) is 9.53 Å². The summed E-state index contributed by atoms with van der Waals surface area (Å²) in [6.45, 7) is 4.08. The fraction of sp³-hybridized carbons (Fsp3) is 0.889. The molecule has 0 unspecified atom stereocenters. The molecule has 0 aliphatic carbocycles. The minimum absolute atomic E-state index is 0.178. The zero-order valence-electron chi connectivity index (χ0n) is 7.62. The number of cyclic esters (lactones) is 1. The van der Waals surface area contributed by atoms with E-state index < -0.39 is 6.10 Å². The number of carbonyl (C=O) groups excluding carboxylic acids is 1. The first-order chi connectivity index (χ1) is 5.59. The predicted molar refractivity (Wildman–Crippen MR) is 44.6 cm³/mol. The molecule has 70 valence electrons. The standard InChI is InChI=1S/C9H16O3/c1-6(2)5-7(10)8-3-4-9(11)12-8/h6-8,10H,3-5H2,1-2H3/t7-,8+/m1/s1. The lowest BCUT2D eigenvalue weighted by molar-refractivity contribution is -0.145. The fourth-order valence-corrected chi connectivity index (χ4v) is 1.45. The Balaban J connectivity index is 2.32. The van der Waals surface area contributed by atoms with E-state index in [4.69, 9.17) is 4.74 Å². The first kappa shape index (κ1) is 9.52. The van der Waals surface area contributed by atoms with Gasteiger partial charge in [-0.05, 0) is 18.8 Å². The summed E-state index contributed by atoms with van der Waals surface area (Å²) >= 11 is 0. The lowest BCUT2D eigenvalue weighted by Gasteiger charge is -2.18. The van der Waals surface area contributed by atoms with Crippen molar-refractivity contribution >= 4 is 5.97 Å². The van der Waals surface area contributed by atoms with Crippen LogP contribution in [0.25, 0.3) is 0 Å². The molecular formula is C9H16O3. The molecule has 1 rings (SSSR count). The van der Waals surface area contributed by atoms with Crippen molar-refractivity contribution in [1.82, 2.24) is 0 Å². The molecule has 0 radical (unpaired) electrons. The van der Waals surface area contributed by atoms with Gasteiger partial charge in [0.25, 0.3) is 0 Å². The van der Waals surface area contributed by atoms with E-state index in [0.717, 1.165) is 0 Å². The van der Waals surface area contributed by atoms with Crippen LogP contribution in [0.15, 0.2) is 0 Å². The highest BCUT2D eigenvalue weighted by molar-refractivity contribution is 5.71. The van der Waals surface area contributed by atoms with Crippen LogP contribution in [0.1, 0.15) is 33.1 Å². The summed E-state index contributed by atoms with van der Waals surface area (Å²) in [5.41, 5.74) is 0. The molecule has 2 atom stereocenters. The molecule has 0 aromatic rings. The zero-order valence-corrected chi connectivity index (χ0v) is 7.62. The maximum atomic E-state index is 10.7.